The second-order valence-electron chi connectivity index (χ2n) is 3.62. The Kier molecular flexibility index (Phi) is 6.04. The highest BCUT2D eigenvalue weighted by Crippen LogP contribution is 2.27. The van der Waals surface area contributed by atoms with E-state index in [9.17, 15) is 0 Å². The van der Waals surface area contributed by atoms with Gasteiger partial charge in [0.05, 0.1) is 12.8 Å². The number of anilines is 1. The van der Waals surface area contributed by atoms with Gasteiger partial charge in [-0.2, -0.15) is 0 Å². The first kappa shape index (κ1) is 13.1. The molecule has 3 nitrogen and oxygen atoms in total. The van der Waals surface area contributed by atoms with Crippen LogP contribution in [0.5, 0.6) is 5.75 Å². The number of unbranched alkanes of at least 4 members (excludes halogenated alkanes) is 2. The summed E-state index contributed by atoms with van der Waals surface area (Å²) in [6.07, 6.45) is 3.33. The van der Waals surface area contributed by atoms with E-state index >= 15 is 0 Å². The third-order valence-electron chi connectivity index (χ3n) is 2.36. The highest BCUT2D eigenvalue weighted by atomic mass is 35.5. The van der Waals surface area contributed by atoms with Gasteiger partial charge >= 0.3 is 0 Å². The van der Waals surface area contributed by atoms with Crippen molar-refractivity contribution in [3.8, 4) is 5.75 Å². The van der Waals surface area contributed by atoms with Crippen LogP contribution in [0.3, 0.4) is 0 Å². The second kappa shape index (κ2) is 7.36. The molecule has 0 aliphatic rings. The third-order valence-corrected chi connectivity index (χ3v) is 2.59. The Labute approximate surface area is 102 Å². The van der Waals surface area contributed by atoms with Crippen molar-refractivity contribution in [3.63, 3.8) is 0 Å². The number of hydrogen-bond acceptors (Lipinski definition) is 3. The van der Waals surface area contributed by atoms with E-state index in [1.54, 1.807) is 7.11 Å². The maximum atomic E-state index is 5.92. The van der Waals surface area contributed by atoms with Crippen molar-refractivity contribution in [2.45, 2.75) is 19.3 Å². The lowest BCUT2D eigenvalue weighted by atomic mass is 10.2. The van der Waals surface area contributed by atoms with Crippen LogP contribution in [-0.2, 0) is 0 Å². The third kappa shape index (κ3) is 4.29. The van der Waals surface area contributed by atoms with Crippen molar-refractivity contribution in [3.05, 3.63) is 23.2 Å². The van der Waals surface area contributed by atoms with Gasteiger partial charge in [-0.05, 0) is 37.6 Å². The minimum absolute atomic E-state index is 0.713. The Morgan fingerprint density at radius 1 is 1.31 bits per heavy atom. The molecule has 0 spiro atoms. The standard InChI is InChI=1S/C12H19ClN2O/c1-16-12-6-5-10(13)9-11(12)15-8-4-2-3-7-14/h5-6,9,15H,2-4,7-8,14H2,1H3. The Morgan fingerprint density at radius 3 is 2.81 bits per heavy atom. The maximum absolute atomic E-state index is 5.92. The van der Waals surface area contributed by atoms with Crippen molar-refractivity contribution in [1.82, 2.24) is 0 Å². The van der Waals surface area contributed by atoms with Crippen molar-refractivity contribution >= 4 is 17.3 Å². The molecular formula is C12H19ClN2O. The summed E-state index contributed by atoms with van der Waals surface area (Å²) in [5.41, 5.74) is 6.38. The first-order valence-electron chi connectivity index (χ1n) is 5.55. The number of ether oxygens (including phenoxy) is 1. The molecule has 0 bridgehead atoms. The Hall–Kier alpha value is -0.930. The molecule has 0 saturated heterocycles. The molecule has 0 heterocycles. The van der Waals surface area contributed by atoms with E-state index in [1.165, 1.54) is 0 Å². The van der Waals surface area contributed by atoms with Gasteiger partial charge in [-0.3, -0.25) is 0 Å². The Morgan fingerprint density at radius 2 is 2.12 bits per heavy atom. The summed E-state index contributed by atoms with van der Waals surface area (Å²) in [5, 5.41) is 4.03. The van der Waals surface area contributed by atoms with Crippen LogP contribution in [0.4, 0.5) is 5.69 Å². The predicted molar refractivity (Wildman–Crippen MR) is 69.4 cm³/mol. The lowest BCUT2D eigenvalue weighted by Crippen LogP contribution is -2.05. The minimum atomic E-state index is 0.713. The molecule has 90 valence electrons. The quantitative estimate of drug-likeness (QED) is 0.723. The molecule has 16 heavy (non-hydrogen) atoms. The number of halogens is 1. The fourth-order valence-corrected chi connectivity index (χ4v) is 1.66. The van der Waals surface area contributed by atoms with E-state index in [0.717, 1.165) is 43.8 Å². The van der Waals surface area contributed by atoms with Gasteiger partial charge in [-0.15, -0.1) is 0 Å². The van der Waals surface area contributed by atoms with Crippen LogP contribution in [0, 0.1) is 0 Å². The lowest BCUT2D eigenvalue weighted by Gasteiger charge is -2.11. The van der Waals surface area contributed by atoms with Crippen LogP contribution in [0.15, 0.2) is 18.2 Å². The number of methoxy groups -OCH3 is 1. The van der Waals surface area contributed by atoms with Crippen molar-refractivity contribution in [2.24, 2.45) is 5.73 Å². The normalized spacial score (nSPS) is 10.2. The summed E-state index contributed by atoms with van der Waals surface area (Å²) in [7, 11) is 1.66. The average molecular weight is 243 g/mol. The summed E-state index contributed by atoms with van der Waals surface area (Å²) in [4.78, 5) is 0. The van der Waals surface area contributed by atoms with Gasteiger partial charge < -0.3 is 15.8 Å². The molecular weight excluding hydrogens is 224 g/mol. The fraction of sp³-hybridized carbons (Fsp3) is 0.500. The van der Waals surface area contributed by atoms with E-state index in [0.29, 0.717) is 5.02 Å². The molecule has 0 amide bonds. The van der Waals surface area contributed by atoms with Gasteiger partial charge in [0.2, 0.25) is 0 Å². The van der Waals surface area contributed by atoms with E-state index in [4.69, 9.17) is 22.1 Å². The predicted octanol–water partition coefficient (Wildman–Crippen LogP) is 2.89. The average Bonchev–Trinajstić information content (AvgIpc) is 2.29. The molecule has 0 aromatic heterocycles. The molecule has 1 rings (SSSR count). The summed E-state index contributed by atoms with van der Waals surface area (Å²) in [5.74, 6) is 0.822. The summed E-state index contributed by atoms with van der Waals surface area (Å²) in [6.45, 7) is 1.68. The molecule has 0 aliphatic heterocycles. The van der Waals surface area contributed by atoms with E-state index in [2.05, 4.69) is 5.32 Å². The van der Waals surface area contributed by atoms with Crippen molar-refractivity contribution < 1.29 is 4.74 Å². The molecule has 0 radical (unpaired) electrons. The van der Waals surface area contributed by atoms with E-state index in [-0.39, 0.29) is 0 Å². The molecule has 0 aliphatic carbocycles. The second-order valence-corrected chi connectivity index (χ2v) is 4.06. The molecule has 0 saturated carbocycles. The van der Waals surface area contributed by atoms with Crippen LogP contribution < -0.4 is 15.8 Å². The van der Waals surface area contributed by atoms with Crippen molar-refractivity contribution in [2.75, 3.05) is 25.5 Å². The van der Waals surface area contributed by atoms with E-state index < -0.39 is 0 Å². The van der Waals surface area contributed by atoms with Gasteiger partial charge in [0, 0.05) is 11.6 Å². The molecule has 1 aromatic carbocycles. The van der Waals surface area contributed by atoms with Gasteiger partial charge in [-0.25, -0.2) is 0 Å². The van der Waals surface area contributed by atoms with Crippen LogP contribution >= 0.6 is 11.6 Å². The highest BCUT2D eigenvalue weighted by molar-refractivity contribution is 6.30. The molecule has 1 aromatic rings. The number of rotatable bonds is 7. The maximum Gasteiger partial charge on any atom is 0.142 e. The highest BCUT2D eigenvalue weighted by Gasteiger charge is 2.02. The smallest absolute Gasteiger partial charge is 0.142 e. The molecule has 0 fully saturated rings. The zero-order chi connectivity index (χ0) is 11.8. The number of benzene rings is 1. The van der Waals surface area contributed by atoms with Crippen molar-refractivity contribution in [1.29, 1.82) is 0 Å². The Bertz CT molecular complexity index is 318. The summed E-state index contributed by atoms with van der Waals surface area (Å²) >= 11 is 5.92. The lowest BCUT2D eigenvalue weighted by molar-refractivity contribution is 0.416. The van der Waals surface area contributed by atoms with Gasteiger partial charge in [0.15, 0.2) is 0 Å². The van der Waals surface area contributed by atoms with Gasteiger partial charge in [0.25, 0.3) is 0 Å². The van der Waals surface area contributed by atoms with Crippen LogP contribution in [0.1, 0.15) is 19.3 Å². The minimum Gasteiger partial charge on any atom is -0.495 e. The SMILES string of the molecule is COc1ccc(Cl)cc1NCCCCCN. The van der Waals surface area contributed by atoms with E-state index in [1.807, 2.05) is 18.2 Å². The van der Waals surface area contributed by atoms with Crippen LogP contribution in [0.2, 0.25) is 5.02 Å². The summed E-state index contributed by atoms with van der Waals surface area (Å²) in [6, 6.07) is 5.56. The monoisotopic (exact) mass is 242 g/mol. The number of nitrogens with two attached hydrogens (primary N) is 1. The molecule has 0 atom stereocenters. The largest absolute Gasteiger partial charge is 0.495 e. The molecule has 3 N–H and O–H groups in total. The first-order chi connectivity index (χ1) is 7.77. The molecule has 4 heteroatoms. The molecule has 0 unspecified atom stereocenters. The van der Waals surface area contributed by atoms with Gasteiger partial charge in [-0.1, -0.05) is 18.0 Å². The Balaban J connectivity index is 2.42. The zero-order valence-electron chi connectivity index (χ0n) is 9.63. The fourth-order valence-electron chi connectivity index (χ4n) is 1.49. The first-order valence-corrected chi connectivity index (χ1v) is 5.93. The number of hydrogen-bond donors (Lipinski definition) is 2. The van der Waals surface area contributed by atoms with Crippen LogP contribution in [-0.4, -0.2) is 20.2 Å². The topological polar surface area (TPSA) is 47.3 Å². The van der Waals surface area contributed by atoms with Crippen LogP contribution in [0.25, 0.3) is 0 Å². The zero-order valence-corrected chi connectivity index (χ0v) is 10.4. The van der Waals surface area contributed by atoms with Gasteiger partial charge in [0.1, 0.15) is 5.75 Å². The number of nitrogens with one attached hydrogen (secondary N) is 1. The summed E-state index contributed by atoms with van der Waals surface area (Å²) < 4.78 is 5.24.